The van der Waals surface area contributed by atoms with E-state index in [9.17, 15) is 5.11 Å². The molecule has 19 heavy (non-hydrogen) atoms. The molecule has 0 bridgehead atoms. The van der Waals surface area contributed by atoms with Gasteiger partial charge in [-0.3, -0.25) is 4.68 Å². The van der Waals surface area contributed by atoms with Gasteiger partial charge in [0.15, 0.2) is 0 Å². The third-order valence-electron chi connectivity index (χ3n) is 3.31. The third-order valence-corrected chi connectivity index (χ3v) is 3.31. The molecule has 0 radical (unpaired) electrons. The van der Waals surface area contributed by atoms with Gasteiger partial charge in [-0.2, -0.15) is 5.10 Å². The van der Waals surface area contributed by atoms with Crippen LogP contribution in [0.1, 0.15) is 28.6 Å². The summed E-state index contributed by atoms with van der Waals surface area (Å²) in [6.45, 7) is 3.93. The lowest BCUT2D eigenvalue weighted by Gasteiger charge is -2.13. The second kappa shape index (κ2) is 5.45. The van der Waals surface area contributed by atoms with Gasteiger partial charge in [-0.25, -0.2) is 0 Å². The Labute approximate surface area is 113 Å². The number of aliphatic hydroxyl groups excluding tert-OH is 1. The molecule has 4 heteroatoms. The monoisotopic (exact) mass is 260 g/mol. The second-order valence-corrected chi connectivity index (χ2v) is 4.85. The lowest BCUT2D eigenvalue weighted by atomic mass is 10.0. The lowest BCUT2D eigenvalue weighted by molar-refractivity contribution is 0.175. The van der Waals surface area contributed by atoms with E-state index in [1.165, 1.54) is 0 Å². The summed E-state index contributed by atoms with van der Waals surface area (Å²) in [6.07, 6.45) is 0.0303. The first-order chi connectivity index (χ1) is 9.01. The number of nitrogens with zero attached hydrogens (tertiary/aromatic N) is 2. The molecule has 1 unspecified atom stereocenters. The van der Waals surface area contributed by atoms with Crippen LogP contribution in [0.3, 0.4) is 0 Å². The second-order valence-electron chi connectivity index (χ2n) is 4.85. The Bertz CT molecular complexity index is 576. The minimum atomic E-state index is -0.528. The molecule has 0 aliphatic heterocycles. The number of benzene rings is 1. The van der Waals surface area contributed by atoms with E-state index in [0.29, 0.717) is 6.42 Å². The smallest absolute Gasteiger partial charge is 0.121 e. The third kappa shape index (κ3) is 2.96. The van der Waals surface area contributed by atoms with E-state index in [4.69, 9.17) is 4.74 Å². The zero-order valence-corrected chi connectivity index (χ0v) is 11.8. The molecule has 0 saturated carbocycles. The first-order valence-electron chi connectivity index (χ1n) is 6.33. The van der Waals surface area contributed by atoms with Gasteiger partial charge >= 0.3 is 0 Å². The van der Waals surface area contributed by atoms with Gasteiger partial charge in [-0.1, -0.05) is 6.07 Å². The van der Waals surface area contributed by atoms with Crippen molar-refractivity contribution in [3.05, 3.63) is 46.8 Å². The molecular weight excluding hydrogens is 240 g/mol. The van der Waals surface area contributed by atoms with Crippen LogP contribution < -0.4 is 4.74 Å². The molecule has 0 aliphatic carbocycles. The van der Waals surface area contributed by atoms with Crippen molar-refractivity contribution in [2.24, 2.45) is 7.05 Å². The first kappa shape index (κ1) is 13.6. The molecule has 1 aromatic carbocycles. The number of hydrogen-bond donors (Lipinski definition) is 1. The zero-order valence-electron chi connectivity index (χ0n) is 11.8. The van der Waals surface area contributed by atoms with Crippen LogP contribution in [0.5, 0.6) is 5.75 Å². The molecule has 1 heterocycles. The zero-order chi connectivity index (χ0) is 14.0. The maximum absolute atomic E-state index is 10.3. The highest BCUT2D eigenvalue weighted by Gasteiger charge is 2.13. The molecule has 1 aromatic heterocycles. The molecule has 0 amide bonds. The van der Waals surface area contributed by atoms with Crippen molar-refractivity contribution in [3.63, 3.8) is 0 Å². The Morgan fingerprint density at radius 3 is 2.58 bits per heavy atom. The Hall–Kier alpha value is -1.81. The number of aliphatic hydroxyl groups is 1. The van der Waals surface area contributed by atoms with E-state index in [1.807, 2.05) is 49.8 Å². The maximum atomic E-state index is 10.3. The molecule has 0 spiro atoms. The standard InChI is InChI=1S/C15H20N2O2/c1-10-7-12(5-6-15(10)19-4)14(18)9-13-8-11(2)16-17(13)3/h5-8,14,18H,9H2,1-4H3. The number of methoxy groups -OCH3 is 1. The van der Waals surface area contributed by atoms with Gasteiger partial charge in [-0.15, -0.1) is 0 Å². The van der Waals surface area contributed by atoms with Gasteiger partial charge in [0.05, 0.1) is 18.9 Å². The largest absolute Gasteiger partial charge is 0.496 e. The van der Waals surface area contributed by atoms with E-state index in [0.717, 1.165) is 28.3 Å². The number of ether oxygens (including phenoxy) is 1. The minimum absolute atomic E-state index is 0.528. The highest BCUT2D eigenvalue weighted by molar-refractivity contribution is 5.37. The number of aromatic nitrogens is 2. The SMILES string of the molecule is COc1ccc(C(O)Cc2cc(C)nn2C)cc1C. The van der Waals surface area contributed by atoms with Gasteiger partial charge in [0.25, 0.3) is 0 Å². The fraction of sp³-hybridized carbons (Fsp3) is 0.400. The summed E-state index contributed by atoms with van der Waals surface area (Å²) in [5.41, 5.74) is 3.92. The molecule has 0 fully saturated rings. The van der Waals surface area contributed by atoms with E-state index < -0.39 is 6.10 Å². The highest BCUT2D eigenvalue weighted by atomic mass is 16.5. The number of aryl methyl sites for hydroxylation is 3. The van der Waals surface area contributed by atoms with Gasteiger partial charge in [-0.05, 0) is 43.2 Å². The summed E-state index contributed by atoms with van der Waals surface area (Å²) in [4.78, 5) is 0. The lowest BCUT2D eigenvalue weighted by Crippen LogP contribution is -2.06. The quantitative estimate of drug-likeness (QED) is 0.917. The van der Waals surface area contributed by atoms with Crippen molar-refractivity contribution in [1.82, 2.24) is 9.78 Å². The first-order valence-corrected chi connectivity index (χ1v) is 6.33. The summed E-state index contributed by atoms with van der Waals surface area (Å²) < 4.78 is 7.04. The average Bonchev–Trinajstić information content (AvgIpc) is 2.67. The van der Waals surface area contributed by atoms with Crippen molar-refractivity contribution in [1.29, 1.82) is 0 Å². The number of rotatable bonds is 4. The maximum Gasteiger partial charge on any atom is 0.121 e. The van der Waals surface area contributed by atoms with Gasteiger partial charge in [0, 0.05) is 19.2 Å². The Morgan fingerprint density at radius 2 is 2.05 bits per heavy atom. The minimum Gasteiger partial charge on any atom is -0.496 e. The predicted molar refractivity (Wildman–Crippen MR) is 74.3 cm³/mol. The van der Waals surface area contributed by atoms with Crippen LogP contribution in [0.25, 0.3) is 0 Å². The van der Waals surface area contributed by atoms with Crippen LogP contribution in [0.2, 0.25) is 0 Å². The predicted octanol–water partition coefficient (Wildman–Crippen LogP) is 2.32. The molecular formula is C15H20N2O2. The van der Waals surface area contributed by atoms with Gasteiger partial charge in [0.2, 0.25) is 0 Å². The van der Waals surface area contributed by atoms with Crippen LogP contribution in [-0.2, 0) is 13.5 Å². The molecule has 0 saturated heterocycles. The molecule has 1 atom stereocenters. The van der Waals surface area contributed by atoms with Crippen LogP contribution >= 0.6 is 0 Å². The van der Waals surface area contributed by atoms with E-state index in [1.54, 1.807) is 7.11 Å². The van der Waals surface area contributed by atoms with Crippen LogP contribution in [-0.4, -0.2) is 22.0 Å². The average molecular weight is 260 g/mol. The van der Waals surface area contributed by atoms with Gasteiger partial charge in [0.1, 0.15) is 5.75 Å². The summed E-state index contributed by atoms with van der Waals surface area (Å²) >= 11 is 0. The molecule has 2 rings (SSSR count). The molecule has 102 valence electrons. The van der Waals surface area contributed by atoms with Crippen molar-refractivity contribution in [2.75, 3.05) is 7.11 Å². The summed E-state index contributed by atoms with van der Waals surface area (Å²) in [5.74, 6) is 0.840. The molecule has 1 N–H and O–H groups in total. The van der Waals surface area contributed by atoms with Crippen molar-refractivity contribution in [3.8, 4) is 5.75 Å². The highest BCUT2D eigenvalue weighted by Crippen LogP contribution is 2.24. The van der Waals surface area contributed by atoms with E-state index >= 15 is 0 Å². The molecule has 4 nitrogen and oxygen atoms in total. The summed E-state index contributed by atoms with van der Waals surface area (Å²) in [6, 6.07) is 7.76. The van der Waals surface area contributed by atoms with Crippen LogP contribution in [0.15, 0.2) is 24.3 Å². The van der Waals surface area contributed by atoms with E-state index in [2.05, 4.69) is 5.10 Å². The Morgan fingerprint density at radius 1 is 1.32 bits per heavy atom. The van der Waals surface area contributed by atoms with Crippen LogP contribution in [0, 0.1) is 13.8 Å². The Balaban J connectivity index is 2.18. The fourth-order valence-corrected chi connectivity index (χ4v) is 2.28. The Kier molecular flexibility index (Phi) is 3.90. The van der Waals surface area contributed by atoms with Gasteiger partial charge < -0.3 is 9.84 Å². The van der Waals surface area contributed by atoms with Crippen LogP contribution in [0.4, 0.5) is 0 Å². The van der Waals surface area contributed by atoms with Crippen molar-refractivity contribution < 1.29 is 9.84 Å². The van der Waals surface area contributed by atoms with Crippen molar-refractivity contribution in [2.45, 2.75) is 26.4 Å². The van der Waals surface area contributed by atoms with E-state index in [-0.39, 0.29) is 0 Å². The van der Waals surface area contributed by atoms with Crippen molar-refractivity contribution >= 4 is 0 Å². The summed E-state index contributed by atoms with van der Waals surface area (Å²) in [5, 5.41) is 14.6. The summed E-state index contributed by atoms with van der Waals surface area (Å²) in [7, 11) is 3.55. The normalized spacial score (nSPS) is 12.5. The fourth-order valence-electron chi connectivity index (χ4n) is 2.28. The molecule has 2 aromatic rings. The topological polar surface area (TPSA) is 47.3 Å². The number of hydrogen-bond acceptors (Lipinski definition) is 3. The molecule has 0 aliphatic rings.